The topological polar surface area (TPSA) is 17.1 Å². The maximum atomic E-state index is 13.6. The molecule has 0 fully saturated rings. The number of halogens is 2. The minimum absolute atomic E-state index is 0.00345. The van der Waals surface area contributed by atoms with Gasteiger partial charge in [-0.2, -0.15) is 0 Å². The van der Waals surface area contributed by atoms with Crippen molar-refractivity contribution in [1.29, 1.82) is 0 Å². The largest absolute Gasteiger partial charge is 0.294 e. The van der Waals surface area contributed by atoms with Crippen molar-refractivity contribution >= 4 is 17.4 Å². The van der Waals surface area contributed by atoms with Gasteiger partial charge in [-0.15, -0.1) is 0 Å². The van der Waals surface area contributed by atoms with Crippen LogP contribution < -0.4 is 0 Å². The van der Waals surface area contributed by atoms with E-state index >= 15 is 0 Å². The molecule has 3 heteroatoms. The van der Waals surface area contributed by atoms with Gasteiger partial charge in [0.25, 0.3) is 0 Å². The van der Waals surface area contributed by atoms with Crippen LogP contribution in [-0.2, 0) is 6.42 Å². The molecule has 0 aliphatic carbocycles. The van der Waals surface area contributed by atoms with Crippen molar-refractivity contribution in [2.75, 3.05) is 0 Å². The summed E-state index contributed by atoms with van der Waals surface area (Å²) in [6.07, 6.45) is 0.841. The van der Waals surface area contributed by atoms with Crippen molar-refractivity contribution in [1.82, 2.24) is 0 Å². The third-order valence-electron chi connectivity index (χ3n) is 3.00. The molecule has 0 aliphatic rings. The summed E-state index contributed by atoms with van der Waals surface area (Å²) in [6.45, 7) is 2.01. The summed E-state index contributed by atoms with van der Waals surface area (Å²) in [5.41, 5.74) is 2.23. The Labute approximate surface area is 117 Å². The van der Waals surface area contributed by atoms with Crippen molar-refractivity contribution in [3.05, 3.63) is 70.0 Å². The van der Waals surface area contributed by atoms with E-state index in [1.165, 1.54) is 23.8 Å². The number of carbonyl (C=O) groups excluding carboxylic acids is 1. The second kappa shape index (κ2) is 5.98. The summed E-state index contributed by atoms with van der Waals surface area (Å²) in [5, 5.41) is 0.175. The van der Waals surface area contributed by atoms with E-state index in [1.54, 1.807) is 0 Å². The smallest absolute Gasteiger partial charge is 0.167 e. The summed E-state index contributed by atoms with van der Waals surface area (Å²) >= 11 is 5.87. The van der Waals surface area contributed by atoms with E-state index in [9.17, 15) is 9.18 Å². The third kappa shape index (κ3) is 3.42. The minimum atomic E-state index is -0.554. The normalized spacial score (nSPS) is 10.5. The molecule has 19 heavy (non-hydrogen) atoms. The van der Waals surface area contributed by atoms with Crippen molar-refractivity contribution in [2.45, 2.75) is 19.8 Å². The molecule has 0 atom stereocenters. The lowest BCUT2D eigenvalue weighted by molar-refractivity contribution is 0.0979. The first-order chi connectivity index (χ1) is 9.08. The highest BCUT2D eigenvalue weighted by Gasteiger charge is 2.15. The third-order valence-corrected chi connectivity index (χ3v) is 3.32. The predicted molar refractivity (Wildman–Crippen MR) is 75.2 cm³/mol. The molecule has 0 aliphatic heterocycles. The van der Waals surface area contributed by atoms with E-state index < -0.39 is 5.82 Å². The molecule has 2 rings (SSSR count). The number of ketones is 1. The number of benzene rings is 2. The van der Waals surface area contributed by atoms with Gasteiger partial charge in [-0.1, -0.05) is 47.5 Å². The summed E-state index contributed by atoms with van der Waals surface area (Å²) in [5.74, 6) is -0.815. The molecule has 0 spiro atoms. The Hall–Kier alpha value is -1.67. The van der Waals surface area contributed by atoms with Crippen molar-refractivity contribution in [3.63, 3.8) is 0 Å². The van der Waals surface area contributed by atoms with Crippen LogP contribution in [0, 0.1) is 12.7 Å². The van der Waals surface area contributed by atoms with Crippen LogP contribution in [0.3, 0.4) is 0 Å². The molecule has 0 saturated heterocycles. The van der Waals surface area contributed by atoms with Gasteiger partial charge in [0.1, 0.15) is 5.82 Å². The Morgan fingerprint density at radius 1 is 1.16 bits per heavy atom. The maximum absolute atomic E-state index is 13.6. The van der Waals surface area contributed by atoms with Crippen molar-refractivity contribution < 1.29 is 9.18 Å². The molecule has 0 radical (unpaired) electrons. The fourth-order valence-corrected chi connectivity index (χ4v) is 2.17. The van der Waals surface area contributed by atoms with Crippen LogP contribution in [0.4, 0.5) is 4.39 Å². The van der Waals surface area contributed by atoms with Crippen LogP contribution in [0.5, 0.6) is 0 Å². The molecule has 2 aromatic carbocycles. The molecule has 0 heterocycles. The lowest BCUT2D eigenvalue weighted by atomic mass is 10.0. The van der Waals surface area contributed by atoms with Crippen LogP contribution in [0.2, 0.25) is 5.02 Å². The molecule has 0 amide bonds. The lowest BCUT2D eigenvalue weighted by Crippen LogP contribution is -2.05. The van der Waals surface area contributed by atoms with E-state index in [2.05, 4.69) is 0 Å². The first-order valence-electron chi connectivity index (χ1n) is 6.10. The molecule has 0 unspecified atom stereocenters. The van der Waals surface area contributed by atoms with Gasteiger partial charge >= 0.3 is 0 Å². The zero-order valence-electron chi connectivity index (χ0n) is 10.6. The second-order valence-electron chi connectivity index (χ2n) is 4.51. The molecule has 0 bridgehead atoms. The molecule has 98 valence electrons. The standard InChI is InChI=1S/C16H14ClFO/c1-11-5-7-12(8-6-11)9-10-15(19)16-13(17)3-2-4-14(16)18/h2-8H,9-10H2,1H3. The summed E-state index contributed by atoms with van der Waals surface area (Å²) in [7, 11) is 0. The monoisotopic (exact) mass is 276 g/mol. The molecule has 0 N–H and O–H groups in total. The number of carbonyl (C=O) groups is 1. The van der Waals surface area contributed by atoms with Gasteiger partial charge in [-0.3, -0.25) is 4.79 Å². The maximum Gasteiger partial charge on any atom is 0.167 e. The van der Waals surface area contributed by atoms with Gasteiger partial charge < -0.3 is 0 Å². The quantitative estimate of drug-likeness (QED) is 0.746. The van der Waals surface area contributed by atoms with E-state index in [0.717, 1.165) is 5.56 Å². The molecular weight excluding hydrogens is 263 g/mol. The lowest BCUT2D eigenvalue weighted by Gasteiger charge is -2.05. The van der Waals surface area contributed by atoms with Crippen molar-refractivity contribution in [2.24, 2.45) is 0 Å². The molecular formula is C16H14ClFO. The molecule has 0 saturated carbocycles. The summed E-state index contributed by atoms with van der Waals surface area (Å²) in [6, 6.07) is 12.2. The van der Waals surface area contributed by atoms with Crippen LogP contribution in [0.1, 0.15) is 27.9 Å². The average molecular weight is 277 g/mol. The van der Waals surface area contributed by atoms with Crippen molar-refractivity contribution in [3.8, 4) is 0 Å². The fourth-order valence-electron chi connectivity index (χ4n) is 1.90. The van der Waals surface area contributed by atoms with Gasteiger partial charge in [-0.05, 0) is 31.0 Å². The first kappa shape index (κ1) is 13.8. The summed E-state index contributed by atoms with van der Waals surface area (Å²) < 4.78 is 13.6. The number of rotatable bonds is 4. The van der Waals surface area contributed by atoms with E-state index in [4.69, 9.17) is 11.6 Å². The van der Waals surface area contributed by atoms with E-state index in [-0.39, 0.29) is 22.8 Å². The summed E-state index contributed by atoms with van der Waals surface area (Å²) in [4.78, 5) is 12.0. The highest BCUT2D eigenvalue weighted by molar-refractivity contribution is 6.34. The van der Waals surface area contributed by atoms with Gasteiger partial charge in [0.05, 0.1) is 10.6 Å². The van der Waals surface area contributed by atoms with Crippen LogP contribution in [0.15, 0.2) is 42.5 Å². The number of hydrogen-bond acceptors (Lipinski definition) is 1. The van der Waals surface area contributed by atoms with Gasteiger partial charge in [-0.25, -0.2) is 4.39 Å². The number of aryl methyl sites for hydroxylation is 2. The fraction of sp³-hybridized carbons (Fsp3) is 0.188. The van der Waals surface area contributed by atoms with E-state index in [1.807, 2.05) is 31.2 Å². The molecule has 0 aromatic heterocycles. The van der Waals surface area contributed by atoms with Gasteiger partial charge in [0.15, 0.2) is 5.78 Å². The second-order valence-corrected chi connectivity index (χ2v) is 4.91. The Kier molecular flexibility index (Phi) is 4.33. The Bertz CT molecular complexity index is 570. The van der Waals surface area contributed by atoms with Crippen LogP contribution in [0.25, 0.3) is 0 Å². The minimum Gasteiger partial charge on any atom is -0.294 e. The Balaban J connectivity index is 2.07. The highest BCUT2D eigenvalue weighted by Crippen LogP contribution is 2.21. The highest BCUT2D eigenvalue weighted by atomic mass is 35.5. The first-order valence-corrected chi connectivity index (χ1v) is 6.48. The number of hydrogen-bond donors (Lipinski definition) is 0. The Morgan fingerprint density at radius 2 is 1.84 bits per heavy atom. The van der Waals surface area contributed by atoms with Crippen LogP contribution in [-0.4, -0.2) is 5.78 Å². The Morgan fingerprint density at radius 3 is 2.47 bits per heavy atom. The van der Waals surface area contributed by atoms with Crippen LogP contribution >= 0.6 is 11.6 Å². The number of Topliss-reactive ketones (excluding diaryl/α,β-unsaturated/α-hetero) is 1. The SMILES string of the molecule is Cc1ccc(CCC(=O)c2c(F)cccc2Cl)cc1. The van der Waals surface area contributed by atoms with Gasteiger partial charge in [0.2, 0.25) is 0 Å². The van der Waals surface area contributed by atoms with E-state index in [0.29, 0.717) is 6.42 Å². The average Bonchev–Trinajstić information content (AvgIpc) is 2.38. The zero-order valence-corrected chi connectivity index (χ0v) is 11.4. The predicted octanol–water partition coefficient (Wildman–Crippen LogP) is 4.60. The molecule has 2 aromatic rings. The molecule has 1 nitrogen and oxygen atoms in total. The zero-order chi connectivity index (χ0) is 13.8. The van der Waals surface area contributed by atoms with Gasteiger partial charge in [0, 0.05) is 6.42 Å².